The highest BCUT2D eigenvalue weighted by Crippen LogP contribution is 2.45. The van der Waals surface area contributed by atoms with E-state index in [1.165, 1.54) is 132 Å². The summed E-state index contributed by atoms with van der Waals surface area (Å²) in [5, 5.41) is 9.83. The molecule has 0 atom stereocenters. The molecule has 0 spiro atoms. The highest BCUT2D eigenvalue weighted by Gasteiger charge is 2.24. The first-order chi connectivity index (χ1) is 40.9. The Kier molecular flexibility index (Phi) is 11.0. The fraction of sp³-hybridized carbons (Fsp3) is 0.100. The van der Waals surface area contributed by atoms with Crippen LogP contribution in [0.4, 0.5) is 0 Å². The summed E-state index contributed by atoms with van der Waals surface area (Å²) in [6.07, 6.45) is 0. The number of rotatable bonds is 7. The molecule has 0 fully saturated rings. The Balaban J connectivity index is 0.835. The zero-order valence-corrected chi connectivity index (χ0v) is 48.2. The summed E-state index contributed by atoms with van der Waals surface area (Å²) in [7, 11) is 0. The van der Waals surface area contributed by atoms with Crippen LogP contribution in [0.25, 0.3) is 143 Å². The minimum absolute atomic E-state index is 0.108. The van der Waals surface area contributed by atoms with Crippen LogP contribution < -0.4 is 0 Å². The van der Waals surface area contributed by atoms with Crippen molar-refractivity contribution in [2.75, 3.05) is 0 Å². The Bertz CT molecular complexity index is 5280. The van der Waals surface area contributed by atoms with E-state index in [1.807, 2.05) is 0 Å². The monoisotopic (exact) mass is 1080 g/mol. The average molecular weight is 1080 g/mol. The van der Waals surface area contributed by atoms with Crippen molar-refractivity contribution in [1.29, 1.82) is 0 Å². The molecule has 0 amide bonds. The van der Waals surface area contributed by atoms with Gasteiger partial charge in [-0.3, -0.25) is 0 Å². The Morgan fingerprint density at radius 1 is 0.226 bits per heavy atom. The van der Waals surface area contributed by atoms with Crippen molar-refractivity contribution in [3.8, 4) is 56.1 Å². The van der Waals surface area contributed by atoms with Crippen LogP contribution in [0, 0.1) is 0 Å². The Morgan fingerprint density at radius 2 is 0.571 bits per heavy atom. The lowest BCUT2D eigenvalue weighted by molar-refractivity contribution is 0.590. The van der Waals surface area contributed by atoms with Crippen molar-refractivity contribution in [2.45, 2.75) is 52.4 Å². The van der Waals surface area contributed by atoms with Gasteiger partial charge in [0.2, 0.25) is 0 Å². The second kappa shape index (κ2) is 18.7. The molecule has 0 saturated carbocycles. The molecule has 0 aliphatic heterocycles. The predicted octanol–water partition coefficient (Wildman–Crippen LogP) is 21.7. The first-order valence-electron chi connectivity index (χ1n) is 29.5. The van der Waals surface area contributed by atoms with E-state index in [9.17, 15) is 0 Å². The molecule has 0 unspecified atom stereocenters. The molecule has 0 aliphatic rings. The second-order valence-electron chi connectivity index (χ2n) is 25.0. The zero-order chi connectivity index (χ0) is 56.6. The third-order valence-corrected chi connectivity index (χ3v) is 17.9. The fourth-order valence-electron chi connectivity index (χ4n) is 13.7. The van der Waals surface area contributed by atoms with Crippen molar-refractivity contribution in [3.63, 3.8) is 0 Å². The van der Waals surface area contributed by atoms with E-state index in [0.717, 1.165) is 22.7 Å². The van der Waals surface area contributed by atoms with Gasteiger partial charge in [-0.25, -0.2) is 0 Å². The van der Waals surface area contributed by atoms with Crippen LogP contribution in [-0.4, -0.2) is 18.3 Å². The molecule has 4 aromatic heterocycles. The van der Waals surface area contributed by atoms with Crippen molar-refractivity contribution < 1.29 is 0 Å². The van der Waals surface area contributed by atoms with E-state index in [0.29, 0.717) is 0 Å². The van der Waals surface area contributed by atoms with E-state index < -0.39 is 0 Å². The van der Waals surface area contributed by atoms with Crippen LogP contribution in [0.5, 0.6) is 0 Å². The van der Waals surface area contributed by atoms with E-state index in [1.54, 1.807) is 0 Å². The summed E-state index contributed by atoms with van der Waals surface area (Å²) < 4.78 is 9.88. The number of hydrogen-bond donors (Lipinski definition) is 0. The number of aromatic nitrogens is 4. The molecule has 12 aromatic carbocycles. The third kappa shape index (κ3) is 7.74. The number of nitrogens with zero attached hydrogens (tertiary/aromatic N) is 4. The van der Waals surface area contributed by atoms with Gasteiger partial charge in [0.25, 0.3) is 0 Å². The molecular formula is C80H62N4. The van der Waals surface area contributed by atoms with Gasteiger partial charge >= 0.3 is 0 Å². The molecule has 4 nitrogen and oxygen atoms in total. The van der Waals surface area contributed by atoms with Crippen LogP contribution in [-0.2, 0) is 10.8 Å². The maximum Gasteiger partial charge on any atom is 0.0562 e. The van der Waals surface area contributed by atoms with Gasteiger partial charge in [-0.2, -0.15) is 0 Å². The van der Waals surface area contributed by atoms with Crippen molar-refractivity contribution in [3.05, 3.63) is 278 Å². The zero-order valence-electron chi connectivity index (χ0n) is 48.2. The summed E-state index contributed by atoms with van der Waals surface area (Å²) in [5.74, 6) is 0. The minimum Gasteiger partial charge on any atom is -0.309 e. The molecule has 4 heteroatoms. The SMILES string of the molecule is CC(C)(C)c1ccc(-c2ccc(-n3c4ccccc4c4ccc(-n5c6ccccc6c6c(-c7ccc8c9ccccc9n(-c9cccc%10c9c9ccccc9n%10-c9ccc(-c%10ccc(C(C)(C)C)cc%10)cc9)c8c7)cccc65)cc43)cc2)cc1. The lowest BCUT2D eigenvalue weighted by Gasteiger charge is -2.19. The molecular weight excluding hydrogens is 1020 g/mol. The van der Waals surface area contributed by atoms with Gasteiger partial charge < -0.3 is 18.3 Å². The third-order valence-electron chi connectivity index (χ3n) is 17.9. The standard InChI is InChI=1S/C80H62N4/c1-79(2,3)56-38-29-51(30-39-56)53-33-42-58(43-34-53)81-71-25-14-10-20-67(71)78-73(81)27-16-28-74(78)84-69-23-12-8-18-63(69)64-47-37-55(49-75(64)84)61-21-15-26-72-77(61)66-19-9-13-24-70(66)83(72)60-46-48-65-62-17-7-11-22-68(62)82(76(65)50-60)59-44-35-54(36-45-59)52-31-40-57(41-32-52)80(4,5)6/h7-50H,1-6H3. The number of fused-ring (bicyclic) bond motifs is 12. The molecule has 16 aromatic rings. The van der Waals surface area contributed by atoms with Crippen molar-refractivity contribution in [2.24, 2.45) is 0 Å². The molecule has 0 saturated heterocycles. The van der Waals surface area contributed by atoms with Gasteiger partial charge in [-0.1, -0.05) is 224 Å². The first kappa shape index (κ1) is 49.6. The molecule has 16 rings (SSSR count). The maximum atomic E-state index is 2.52. The summed E-state index contributed by atoms with van der Waals surface area (Å²) in [4.78, 5) is 0. The largest absolute Gasteiger partial charge is 0.309 e. The van der Waals surface area contributed by atoms with Gasteiger partial charge in [-0.15, -0.1) is 0 Å². The van der Waals surface area contributed by atoms with Gasteiger partial charge in [0, 0.05) is 60.2 Å². The van der Waals surface area contributed by atoms with E-state index in [2.05, 4.69) is 327 Å². The molecule has 0 radical (unpaired) electrons. The van der Waals surface area contributed by atoms with Crippen LogP contribution in [0.1, 0.15) is 52.7 Å². The quantitative estimate of drug-likeness (QED) is 0.152. The summed E-state index contributed by atoms with van der Waals surface area (Å²) in [6.45, 7) is 13.6. The number of benzene rings is 12. The van der Waals surface area contributed by atoms with Crippen LogP contribution in [0.3, 0.4) is 0 Å². The predicted molar refractivity (Wildman–Crippen MR) is 358 cm³/mol. The number of hydrogen-bond acceptors (Lipinski definition) is 0. The van der Waals surface area contributed by atoms with Gasteiger partial charge in [-0.05, 0) is 140 Å². The Labute approximate surface area is 489 Å². The van der Waals surface area contributed by atoms with Crippen LogP contribution >= 0.6 is 0 Å². The topological polar surface area (TPSA) is 19.7 Å². The summed E-state index contributed by atoms with van der Waals surface area (Å²) >= 11 is 0. The average Bonchev–Trinajstić information content (AvgIpc) is 2.04. The van der Waals surface area contributed by atoms with Crippen molar-refractivity contribution in [1.82, 2.24) is 18.3 Å². The van der Waals surface area contributed by atoms with Gasteiger partial charge in [0.1, 0.15) is 0 Å². The normalized spacial score (nSPS) is 12.4. The van der Waals surface area contributed by atoms with Crippen molar-refractivity contribution >= 4 is 87.2 Å². The number of para-hydroxylation sites is 4. The smallest absolute Gasteiger partial charge is 0.0562 e. The summed E-state index contributed by atoms with van der Waals surface area (Å²) in [6, 6.07) is 99.7. The fourth-order valence-corrected chi connectivity index (χ4v) is 13.7. The van der Waals surface area contributed by atoms with E-state index >= 15 is 0 Å². The Hall–Kier alpha value is -10.2. The molecule has 84 heavy (non-hydrogen) atoms. The lowest BCUT2D eigenvalue weighted by atomic mass is 9.86. The molecule has 0 aliphatic carbocycles. The molecule has 0 N–H and O–H groups in total. The van der Waals surface area contributed by atoms with Crippen LogP contribution in [0.15, 0.2) is 267 Å². The molecule has 402 valence electrons. The Morgan fingerprint density at radius 3 is 1.10 bits per heavy atom. The first-order valence-corrected chi connectivity index (χ1v) is 29.5. The highest BCUT2D eigenvalue weighted by atomic mass is 15.0. The second-order valence-corrected chi connectivity index (χ2v) is 25.0. The van der Waals surface area contributed by atoms with E-state index in [4.69, 9.17) is 0 Å². The van der Waals surface area contributed by atoms with Crippen LogP contribution in [0.2, 0.25) is 0 Å². The van der Waals surface area contributed by atoms with Gasteiger partial charge in [0.15, 0.2) is 0 Å². The lowest BCUT2D eigenvalue weighted by Crippen LogP contribution is -2.10. The molecule has 4 heterocycles. The summed E-state index contributed by atoms with van der Waals surface area (Å²) in [5.41, 5.74) is 24.1. The van der Waals surface area contributed by atoms with Gasteiger partial charge in [0.05, 0.1) is 49.8 Å². The van der Waals surface area contributed by atoms with E-state index in [-0.39, 0.29) is 10.8 Å². The minimum atomic E-state index is 0.108. The maximum absolute atomic E-state index is 2.52. The molecule has 0 bridgehead atoms. The highest BCUT2D eigenvalue weighted by molar-refractivity contribution is 6.19.